The molecular weight excluding hydrogens is 260 g/mol. The first-order valence-corrected chi connectivity index (χ1v) is 7.00. The molecule has 1 heterocycles. The van der Waals surface area contributed by atoms with Gasteiger partial charge in [0.05, 0.1) is 11.1 Å². The summed E-state index contributed by atoms with van der Waals surface area (Å²) in [4.78, 5) is 4.41. The van der Waals surface area contributed by atoms with Gasteiger partial charge in [-0.2, -0.15) is 0 Å². The Morgan fingerprint density at radius 1 is 1.37 bits per heavy atom. The average molecular weight is 277 g/mol. The van der Waals surface area contributed by atoms with Gasteiger partial charge in [0, 0.05) is 29.7 Å². The maximum atomic E-state index is 10.1. The van der Waals surface area contributed by atoms with E-state index in [9.17, 15) is 5.11 Å². The predicted octanol–water partition coefficient (Wildman–Crippen LogP) is 2.89. The van der Waals surface area contributed by atoms with Crippen LogP contribution < -0.4 is 5.32 Å². The first kappa shape index (κ1) is 12.9. The molecule has 0 bridgehead atoms. The quantitative estimate of drug-likeness (QED) is 0.903. The van der Waals surface area contributed by atoms with E-state index in [1.54, 1.807) is 6.20 Å². The summed E-state index contributed by atoms with van der Waals surface area (Å²) in [5.41, 5.74) is 1.55. The van der Waals surface area contributed by atoms with Gasteiger partial charge in [-0.05, 0) is 43.0 Å². The van der Waals surface area contributed by atoms with Gasteiger partial charge in [-0.15, -0.1) is 0 Å². The average Bonchev–Trinajstić information content (AvgIpc) is 2.36. The van der Waals surface area contributed by atoms with Crippen LogP contribution in [0.1, 0.15) is 24.8 Å². The zero-order chi connectivity index (χ0) is 13.3. The monoisotopic (exact) mass is 276 g/mol. The molecule has 0 radical (unpaired) electrons. The fourth-order valence-corrected chi connectivity index (χ4v) is 2.80. The molecule has 1 aromatic carbocycles. The number of aromatic nitrogens is 1. The second kappa shape index (κ2) is 5.08. The largest absolute Gasteiger partial charge is 0.389 e. The molecule has 0 unspecified atom stereocenters. The number of hydrogen-bond acceptors (Lipinski definition) is 3. The molecule has 0 aliphatic heterocycles. The number of rotatable bonds is 4. The van der Waals surface area contributed by atoms with Crippen LogP contribution in [0.15, 0.2) is 30.5 Å². The molecule has 1 saturated carbocycles. The predicted molar refractivity (Wildman–Crippen MR) is 77.3 cm³/mol. The highest BCUT2D eigenvalue weighted by Crippen LogP contribution is 2.30. The van der Waals surface area contributed by atoms with Crippen LogP contribution in [0.2, 0.25) is 5.02 Å². The van der Waals surface area contributed by atoms with Crippen LogP contribution in [-0.2, 0) is 6.54 Å². The first-order valence-electron chi connectivity index (χ1n) is 6.63. The van der Waals surface area contributed by atoms with Gasteiger partial charge >= 0.3 is 0 Å². The van der Waals surface area contributed by atoms with Gasteiger partial charge in [0.1, 0.15) is 0 Å². The first-order chi connectivity index (χ1) is 9.16. The van der Waals surface area contributed by atoms with Gasteiger partial charge in [-0.25, -0.2) is 0 Å². The number of fused-ring (bicyclic) bond motifs is 1. The molecule has 0 spiro atoms. The van der Waals surface area contributed by atoms with Crippen molar-refractivity contribution in [3.8, 4) is 0 Å². The van der Waals surface area contributed by atoms with Crippen LogP contribution in [0.4, 0.5) is 0 Å². The lowest BCUT2D eigenvalue weighted by Crippen LogP contribution is -2.46. The number of nitrogens with zero attached hydrogens (tertiary/aromatic N) is 1. The second-order valence-electron chi connectivity index (χ2n) is 5.32. The van der Waals surface area contributed by atoms with E-state index in [1.807, 2.05) is 24.3 Å². The van der Waals surface area contributed by atoms with E-state index in [-0.39, 0.29) is 0 Å². The molecule has 0 saturated heterocycles. The third kappa shape index (κ3) is 2.73. The molecule has 3 nitrogen and oxygen atoms in total. The summed E-state index contributed by atoms with van der Waals surface area (Å²) in [7, 11) is 0. The Morgan fingerprint density at radius 3 is 2.95 bits per heavy atom. The minimum Gasteiger partial charge on any atom is -0.389 e. The molecule has 19 heavy (non-hydrogen) atoms. The maximum Gasteiger partial charge on any atom is 0.0771 e. The van der Waals surface area contributed by atoms with E-state index in [2.05, 4.69) is 10.3 Å². The number of pyridine rings is 1. The van der Waals surface area contributed by atoms with Crippen LogP contribution >= 0.6 is 11.6 Å². The molecule has 1 aliphatic carbocycles. The number of benzene rings is 1. The Balaban J connectivity index is 1.76. The van der Waals surface area contributed by atoms with Gasteiger partial charge < -0.3 is 10.4 Å². The van der Waals surface area contributed by atoms with E-state index in [0.29, 0.717) is 13.1 Å². The van der Waals surface area contributed by atoms with Crippen LogP contribution in [0, 0.1) is 0 Å². The minimum absolute atomic E-state index is 0.498. The molecule has 1 fully saturated rings. The van der Waals surface area contributed by atoms with Crippen molar-refractivity contribution in [2.45, 2.75) is 31.4 Å². The number of halogens is 1. The van der Waals surface area contributed by atoms with E-state index < -0.39 is 5.60 Å². The molecular formula is C15H17ClN2O. The van der Waals surface area contributed by atoms with Crippen molar-refractivity contribution in [3.05, 3.63) is 41.0 Å². The zero-order valence-electron chi connectivity index (χ0n) is 10.7. The summed E-state index contributed by atoms with van der Waals surface area (Å²) in [6.07, 6.45) is 4.71. The van der Waals surface area contributed by atoms with Crippen molar-refractivity contribution >= 4 is 22.5 Å². The Bertz CT molecular complexity index is 596. The van der Waals surface area contributed by atoms with Crippen LogP contribution in [-0.4, -0.2) is 22.2 Å². The smallest absolute Gasteiger partial charge is 0.0771 e. The van der Waals surface area contributed by atoms with E-state index in [0.717, 1.165) is 40.8 Å². The van der Waals surface area contributed by atoms with E-state index >= 15 is 0 Å². The van der Waals surface area contributed by atoms with Gasteiger partial charge in [0.2, 0.25) is 0 Å². The molecule has 3 rings (SSSR count). The number of nitrogens with one attached hydrogen (secondary N) is 1. The lowest BCUT2D eigenvalue weighted by atomic mass is 9.80. The molecule has 1 aromatic heterocycles. The Kier molecular flexibility index (Phi) is 3.44. The molecule has 2 aromatic rings. The minimum atomic E-state index is -0.498. The highest BCUT2D eigenvalue weighted by atomic mass is 35.5. The second-order valence-corrected chi connectivity index (χ2v) is 5.76. The molecule has 1 aliphatic rings. The molecule has 2 N–H and O–H groups in total. The fourth-order valence-electron chi connectivity index (χ4n) is 2.55. The van der Waals surface area contributed by atoms with Crippen molar-refractivity contribution in [1.29, 1.82) is 0 Å². The SMILES string of the molecule is OC1(CNCc2cc(Cl)cc3cccnc23)CCC1. The van der Waals surface area contributed by atoms with Gasteiger partial charge in [0.15, 0.2) is 0 Å². The maximum absolute atomic E-state index is 10.1. The highest BCUT2D eigenvalue weighted by Gasteiger charge is 2.33. The van der Waals surface area contributed by atoms with Crippen LogP contribution in [0.3, 0.4) is 0 Å². The fraction of sp³-hybridized carbons (Fsp3) is 0.400. The molecule has 100 valence electrons. The van der Waals surface area contributed by atoms with Crippen LogP contribution in [0.5, 0.6) is 0 Å². The number of aliphatic hydroxyl groups is 1. The van der Waals surface area contributed by atoms with Crippen molar-refractivity contribution in [2.75, 3.05) is 6.54 Å². The Hall–Kier alpha value is -1.16. The van der Waals surface area contributed by atoms with Gasteiger partial charge in [0.25, 0.3) is 0 Å². The summed E-state index contributed by atoms with van der Waals surface area (Å²) < 4.78 is 0. The molecule has 0 amide bonds. The molecule has 4 heteroatoms. The van der Waals surface area contributed by atoms with Crippen molar-refractivity contribution in [1.82, 2.24) is 10.3 Å². The Morgan fingerprint density at radius 2 is 2.21 bits per heavy atom. The number of hydrogen-bond donors (Lipinski definition) is 2. The summed E-state index contributed by atoms with van der Waals surface area (Å²) in [5.74, 6) is 0. The standard InChI is InChI=1S/C15H17ClN2O/c16-13-7-11-3-1-6-18-14(11)12(8-13)9-17-10-15(19)4-2-5-15/h1,3,6-8,17,19H,2,4-5,9-10H2. The van der Waals surface area contributed by atoms with Gasteiger partial charge in [-0.3, -0.25) is 4.98 Å². The summed E-state index contributed by atoms with van der Waals surface area (Å²) in [6, 6.07) is 7.78. The van der Waals surface area contributed by atoms with Crippen molar-refractivity contribution in [2.24, 2.45) is 0 Å². The topological polar surface area (TPSA) is 45.1 Å². The Labute approximate surface area is 117 Å². The zero-order valence-corrected chi connectivity index (χ0v) is 11.5. The van der Waals surface area contributed by atoms with Crippen molar-refractivity contribution in [3.63, 3.8) is 0 Å². The summed E-state index contributed by atoms with van der Waals surface area (Å²) in [5, 5.41) is 15.1. The van der Waals surface area contributed by atoms with E-state index in [4.69, 9.17) is 11.6 Å². The summed E-state index contributed by atoms with van der Waals surface area (Å²) >= 11 is 6.13. The highest BCUT2D eigenvalue weighted by molar-refractivity contribution is 6.31. The van der Waals surface area contributed by atoms with Gasteiger partial charge in [-0.1, -0.05) is 17.7 Å². The van der Waals surface area contributed by atoms with Crippen LogP contribution in [0.25, 0.3) is 10.9 Å². The lowest BCUT2D eigenvalue weighted by molar-refractivity contribution is -0.0314. The molecule has 0 atom stereocenters. The normalized spacial score (nSPS) is 17.4. The van der Waals surface area contributed by atoms with Crippen molar-refractivity contribution < 1.29 is 5.11 Å². The lowest BCUT2D eigenvalue weighted by Gasteiger charge is -2.36. The van der Waals surface area contributed by atoms with E-state index in [1.165, 1.54) is 0 Å². The third-order valence-corrected chi connectivity index (χ3v) is 4.02. The summed E-state index contributed by atoms with van der Waals surface area (Å²) in [6.45, 7) is 1.31. The third-order valence-electron chi connectivity index (χ3n) is 3.80.